The number of carbonyl (C=O) groups excluding carboxylic acids is 2. The number of anilines is 1. The number of imide groups is 1. The second-order valence-corrected chi connectivity index (χ2v) is 10.9. The van der Waals surface area contributed by atoms with Crippen LogP contribution < -0.4 is 10.2 Å². The van der Waals surface area contributed by atoms with E-state index in [9.17, 15) is 14.7 Å². The molecule has 0 spiro atoms. The van der Waals surface area contributed by atoms with Gasteiger partial charge in [-0.1, -0.05) is 45.9 Å². The molecule has 1 saturated heterocycles. The van der Waals surface area contributed by atoms with Gasteiger partial charge in [-0.25, -0.2) is 0 Å². The number of benzene rings is 2. The Labute approximate surface area is 203 Å². The number of fused-ring (bicyclic) bond motifs is 1. The lowest BCUT2D eigenvalue weighted by Crippen LogP contribution is -2.47. The zero-order valence-electron chi connectivity index (χ0n) is 20.9. The molecule has 2 aliphatic rings. The van der Waals surface area contributed by atoms with Crippen molar-refractivity contribution in [2.45, 2.75) is 51.4 Å². The summed E-state index contributed by atoms with van der Waals surface area (Å²) in [5.41, 5.74) is 4.43. The summed E-state index contributed by atoms with van der Waals surface area (Å²) in [6, 6.07) is 13.3. The molecule has 0 aromatic heterocycles. The molecule has 2 aromatic carbocycles. The molecule has 182 valence electrons. The van der Waals surface area contributed by atoms with Crippen molar-refractivity contribution in [2.75, 3.05) is 44.2 Å². The molecule has 6 nitrogen and oxygen atoms in total. The Kier molecular flexibility index (Phi) is 6.83. The van der Waals surface area contributed by atoms with Gasteiger partial charge in [0.05, 0.1) is 12.2 Å². The Morgan fingerprint density at radius 1 is 0.882 bits per heavy atom. The maximum absolute atomic E-state index is 13.2. The summed E-state index contributed by atoms with van der Waals surface area (Å²) in [5, 5.41) is 11.8. The summed E-state index contributed by atoms with van der Waals surface area (Å²) in [6.45, 7) is 13.0. The van der Waals surface area contributed by atoms with Gasteiger partial charge in [-0.2, -0.15) is 0 Å². The third kappa shape index (κ3) is 4.89. The number of carbonyl (C=O) groups is 2. The summed E-state index contributed by atoms with van der Waals surface area (Å²) in [5.74, 6) is -0.745. The van der Waals surface area contributed by atoms with E-state index >= 15 is 0 Å². The van der Waals surface area contributed by atoms with Crippen molar-refractivity contribution in [3.8, 4) is 0 Å². The van der Waals surface area contributed by atoms with E-state index in [0.717, 1.165) is 44.7 Å². The lowest BCUT2D eigenvalue weighted by molar-refractivity contribution is 0.0849. The average molecular weight is 464 g/mol. The molecule has 2 amide bonds. The van der Waals surface area contributed by atoms with Gasteiger partial charge in [-0.05, 0) is 59.1 Å². The van der Waals surface area contributed by atoms with Crippen molar-refractivity contribution in [3.05, 3.63) is 64.7 Å². The highest BCUT2D eigenvalue weighted by Crippen LogP contribution is 2.45. The number of rotatable bonds is 5. The van der Waals surface area contributed by atoms with E-state index in [4.69, 9.17) is 0 Å². The topological polar surface area (TPSA) is 72.9 Å². The number of nitrogens with one attached hydrogen (secondary N) is 1. The van der Waals surface area contributed by atoms with Gasteiger partial charge in [-0.3, -0.25) is 19.8 Å². The Bertz CT molecular complexity index is 1070. The molecular weight excluding hydrogens is 426 g/mol. The van der Waals surface area contributed by atoms with Crippen LogP contribution in [0.3, 0.4) is 0 Å². The number of piperazine rings is 1. The van der Waals surface area contributed by atoms with E-state index in [1.807, 2.05) is 30.3 Å². The fourth-order valence-corrected chi connectivity index (χ4v) is 5.27. The molecule has 1 fully saturated rings. The maximum atomic E-state index is 13.2. The Balaban J connectivity index is 1.52. The molecule has 1 heterocycles. The second-order valence-electron chi connectivity index (χ2n) is 10.9. The van der Waals surface area contributed by atoms with E-state index in [2.05, 4.69) is 48.9 Å². The molecule has 1 aliphatic heterocycles. The molecule has 0 radical (unpaired) electrons. The largest absolute Gasteiger partial charge is 0.395 e. The average Bonchev–Trinajstić information content (AvgIpc) is 2.82. The van der Waals surface area contributed by atoms with Crippen LogP contribution in [0.25, 0.3) is 0 Å². The summed E-state index contributed by atoms with van der Waals surface area (Å²) in [6.07, 6.45) is 2.18. The van der Waals surface area contributed by atoms with Gasteiger partial charge < -0.3 is 10.0 Å². The number of hydrogen-bond donors (Lipinski definition) is 2. The number of β-amino-alcohol motifs (C(OH)–C–C–N with tert-alkyl or cyclic N) is 1. The monoisotopic (exact) mass is 463 g/mol. The zero-order valence-corrected chi connectivity index (χ0v) is 20.9. The van der Waals surface area contributed by atoms with Crippen LogP contribution in [0.15, 0.2) is 42.5 Å². The Morgan fingerprint density at radius 3 is 2.21 bits per heavy atom. The molecule has 6 heteroatoms. The third-order valence-corrected chi connectivity index (χ3v) is 7.62. The Morgan fingerprint density at radius 2 is 1.53 bits per heavy atom. The van der Waals surface area contributed by atoms with Crippen LogP contribution >= 0.6 is 0 Å². The lowest BCUT2D eigenvalue weighted by atomic mass is 9.63. The standard InChI is InChI=1S/C28H37N3O3/c1-27(2)11-12-28(3,4)23-19-20(9-10-22(23)27)25(33)29-26(34)21-7-5-6-8-24(21)31-15-13-30(14-16-31)17-18-32/h5-10,19,32H,11-18H2,1-4H3,(H,29,33,34). The van der Waals surface area contributed by atoms with Crippen molar-refractivity contribution in [1.82, 2.24) is 10.2 Å². The van der Waals surface area contributed by atoms with Crippen molar-refractivity contribution in [2.24, 2.45) is 0 Å². The number of para-hydroxylation sites is 1. The molecule has 0 atom stereocenters. The molecule has 0 saturated carbocycles. The van der Waals surface area contributed by atoms with Crippen LogP contribution in [0.2, 0.25) is 0 Å². The van der Waals surface area contributed by atoms with Gasteiger partial charge in [0.2, 0.25) is 0 Å². The fourth-order valence-electron chi connectivity index (χ4n) is 5.27. The maximum Gasteiger partial charge on any atom is 0.260 e. The predicted octanol–water partition coefficient (Wildman–Crippen LogP) is 3.72. The third-order valence-electron chi connectivity index (χ3n) is 7.62. The summed E-state index contributed by atoms with van der Waals surface area (Å²) < 4.78 is 0. The highest BCUT2D eigenvalue weighted by molar-refractivity contribution is 6.12. The first-order valence-corrected chi connectivity index (χ1v) is 12.3. The molecular formula is C28H37N3O3. The summed E-state index contributed by atoms with van der Waals surface area (Å²) in [7, 11) is 0. The number of amides is 2. The van der Waals surface area contributed by atoms with E-state index in [1.165, 1.54) is 11.1 Å². The SMILES string of the molecule is CC1(C)CCC(C)(C)c2cc(C(=O)NC(=O)c3ccccc3N3CCN(CCO)CC3)ccc21. The normalized spacial score (nSPS) is 19.4. The number of aliphatic hydroxyl groups is 1. The molecule has 2 N–H and O–H groups in total. The molecule has 0 bridgehead atoms. The van der Waals surface area contributed by atoms with Gasteiger partial charge in [0, 0.05) is 44.0 Å². The molecule has 1 aliphatic carbocycles. The second kappa shape index (κ2) is 9.51. The quantitative estimate of drug-likeness (QED) is 0.662. The minimum atomic E-state index is -0.379. The fraction of sp³-hybridized carbons (Fsp3) is 0.500. The number of nitrogens with zero attached hydrogens (tertiary/aromatic N) is 2. The van der Waals surface area contributed by atoms with Gasteiger partial charge >= 0.3 is 0 Å². The van der Waals surface area contributed by atoms with E-state index < -0.39 is 0 Å². The molecule has 34 heavy (non-hydrogen) atoms. The van der Waals surface area contributed by atoms with Crippen LogP contribution in [0, 0.1) is 0 Å². The predicted molar refractivity (Wildman–Crippen MR) is 136 cm³/mol. The highest BCUT2D eigenvalue weighted by Gasteiger charge is 2.37. The van der Waals surface area contributed by atoms with Gasteiger partial charge in [0.15, 0.2) is 0 Å². The minimum Gasteiger partial charge on any atom is -0.395 e. The van der Waals surface area contributed by atoms with Crippen LogP contribution in [0.1, 0.15) is 72.4 Å². The van der Waals surface area contributed by atoms with Gasteiger partial charge in [0.1, 0.15) is 0 Å². The first kappa shape index (κ1) is 24.4. The van der Waals surface area contributed by atoms with Crippen molar-refractivity contribution in [1.29, 1.82) is 0 Å². The van der Waals surface area contributed by atoms with Crippen molar-refractivity contribution >= 4 is 17.5 Å². The smallest absolute Gasteiger partial charge is 0.260 e. The first-order chi connectivity index (χ1) is 16.1. The molecule has 4 rings (SSSR count). The zero-order chi connectivity index (χ0) is 24.5. The van der Waals surface area contributed by atoms with Gasteiger partial charge in [-0.15, -0.1) is 0 Å². The highest BCUT2D eigenvalue weighted by atomic mass is 16.3. The molecule has 2 aromatic rings. The number of hydrogen-bond acceptors (Lipinski definition) is 5. The first-order valence-electron chi connectivity index (χ1n) is 12.3. The van der Waals surface area contributed by atoms with Crippen molar-refractivity contribution < 1.29 is 14.7 Å². The van der Waals surface area contributed by atoms with Crippen LogP contribution in [-0.4, -0.2) is 61.2 Å². The van der Waals surface area contributed by atoms with E-state index in [0.29, 0.717) is 17.7 Å². The van der Waals surface area contributed by atoms with Crippen LogP contribution in [0.5, 0.6) is 0 Å². The summed E-state index contributed by atoms with van der Waals surface area (Å²) >= 11 is 0. The Hall–Kier alpha value is -2.70. The summed E-state index contributed by atoms with van der Waals surface area (Å²) in [4.78, 5) is 30.7. The van der Waals surface area contributed by atoms with Crippen molar-refractivity contribution in [3.63, 3.8) is 0 Å². The minimum absolute atomic E-state index is 0.00404. The van der Waals surface area contributed by atoms with E-state index in [-0.39, 0.29) is 29.3 Å². The van der Waals surface area contributed by atoms with Crippen LogP contribution in [-0.2, 0) is 10.8 Å². The van der Waals surface area contributed by atoms with E-state index in [1.54, 1.807) is 6.07 Å². The lowest BCUT2D eigenvalue weighted by Gasteiger charge is -2.42. The molecule has 0 unspecified atom stereocenters. The number of aliphatic hydroxyl groups excluding tert-OH is 1. The van der Waals surface area contributed by atoms with Gasteiger partial charge in [0.25, 0.3) is 11.8 Å². The van der Waals surface area contributed by atoms with Crippen LogP contribution in [0.4, 0.5) is 5.69 Å².